The van der Waals surface area contributed by atoms with Crippen molar-refractivity contribution in [1.82, 2.24) is 4.90 Å². The van der Waals surface area contributed by atoms with Crippen molar-refractivity contribution in [1.29, 1.82) is 0 Å². The molecule has 5 nitrogen and oxygen atoms in total. The zero-order valence-corrected chi connectivity index (χ0v) is 16.4. The molecule has 0 bridgehead atoms. The largest absolute Gasteiger partial charge is 0.339 e. The lowest BCUT2D eigenvalue weighted by molar-refractivity contribution is -0.122. The van der Waals surface area contributed by atoms with Crippen LogP contribution in [0.2, 0.25) is 5.02 Å². The Hall–Kier alpha value is -1.30. The number of nitrogens with one attached hydrogen (secondary N) is 1. The monoisotopic (exact) mass is 387 g/mol. The highest BCUT2D eigenvalue weighted by molar-refractivity contribution is 6.34. The molecule has 1 aromatic rings. The molecule has 2 rings (SSSR count). The van der Waals surface area contributed by atoms with Crippen LogP contribution in [-0.4, -0.2) is 35.3 Å². The van der Waals surface area contributed by atoms with Crippen molar-refractivity contribution in [2.24, 2.45) is 5.73 Å². The summed E-state index contributed by atoms with van der Waals surface area (Å²) in [5.74, 6) is -0.286. The van der Waals surface area contributed by atoms with Gasteiger partial charge in [-0.15, -0.1) is 12.4 Å². The summed E-state index contributed by atoms with van der Waals surface area (Å²) in [6.07, 6.45) is 4.47. The first-order valence-corrected chi connectivity index (χ1v) is 8.98. The molecule has 3 N–H and O–H groups in total. The molecule has 140 valence electrons. The summed E-state index contributed by atoms with van der Waals surface area (Å²) in [6, 6.07) is 4.97. The van der Waals surface area contributed by atoms with Crippen molar-refractivity contribution in [2.75, 3.05) is 18.4 Å². The minimum absolute atomic E-state index is 0. The Morgan fingerprint density at radius 1 is 1.20 bits per heavy atom. The lowest BCUT2D eigenvalue weighted by atomic mass is 9.82. The second-order valence-electron chi connectivity index (χ2n) is 6.34. The summed E-state index contributed by atoms with van der Waals surface area (Å²) in [5, 5.41) is 3.18. The van der Waals surface area contributed by atoms with Crippen molar-refractivity contribution in [3.05, 3.63) is 28.8 Å². The Bertz CT molecular complexity index is 612. The molecule has 0 aliphatic heterocycles. The number of carbonyl (C=O) groups excluding carboxylic acids is 2. The van der Waals surface area contributed by atoms with Gasteiger partial charge >= 0.3 is 0 Å². The number of hydrogen-bond acceptors (Lipinski definition) is 3. The zero-order chi connectivity index (χ0) is 17.7. The van der Waals surface area contributed by atoms with Crippen molar-refractivity contribution in [3.63, 3.8) is 0 Å². The summed E-state index contributed by atoms with van der Waals surface area (Å²) >= 11 is 6.26. The average molecular weight is 388 g/mol. The highest BCUT2D eigenvalue weighted by atomic mass is 35.5. The fourth-order valence-corrected chi connectivity index (χ4v) is 3.37. The van der Waals surface area contributed by atoms with E-state index < -0.39 is 5.54 Å². The van der Waals surface area contributed by atoms with E-state index in [2.05, 4.69) is 5.32 Å². The van der Waals surface area contributed by atoms with E-state index in [-0.39, 0.29) is 24.2 Å². The van der Waals surface area contributed by atoms with E-state index in [9.17, 15) is 9.59 Å². The normalized spacial score (nSPS) is 15.8. The molecular weight excluding hydrogens is 361 g/mol. The lowest BCUT2D eigenvalue weighted by Crippen LogP contribution is -2.52. The van der Waals surface area contributed by atoms with Gasteiger partial charge in [-0.3, -0.25) is 9.59 Å². The van der Waals surface area contributed by atoms with E-state index in [4.69, 9.17) is 17.3 Å². The molecule has 1 saturated carbocycles. The van der Waals surface area contributed by atoms with Gasteiger partial charge in [-0.1, -0.05) is 30.9 Å². The lowest BCUT2D eigenvalue weighted by Gasteiger charge is -2.31. The maximum Gasteiger partial charge on any atom is 0.255 e. The molecule has 0 spiro atoms. The fourth-order valence-electron chi connectivity index (χ4n) is 3.11. The Morgan fingerprint density at radius 2 is 1.80 bits per heavy atom. The molecule has 1 fully saturated rings. The second-order valence-corrected chi connectivity index (χ2v) is 6.75. The highest BCUT2D eigenvalue weighted by Crippen LogP contribution is 2.28. The van der Waals surface area contributed by atoms with Gasteiger partial charge in [0.15, 0.2) is 0 Å². The Kier molecular flexibility index (Phi) is 8.19. The number of nitrogens with zero attached hydrogens (tertiary/aromatic N) is 1. The van der Waals surface area contributed by atoms with Crippen molar-refractivity contribution in [3.8, 4) is 0 Å². The Morgan fingerprint density at radius 3 is 2.32 bits per heavy atom. The molecule has 25 heavy (non-hydrogen) atoms. The van der Waals surface area contributed by atoms with Crippen LogP contribution in [0.4, 0.5) is 5.69 Å². The second kappa shape index (κ2) is 9.41. The highest BCUT2D eigenvalue weighted by Gasteiger charge is 2.35. The molecule has 0 aromatic heterocycles. The van der Waals surface area contributed by atoms with Crippen molar-refractivity contribution in [2.45, 2.75) is 51.5 Å². The predicted octanol–water partition coefficient (Wildman–Crippen LogP) is 3.84. The molecule has 2 amide bonds. The number of benzene rings is 1. The summed E-state index contributed by atoms with van der Waals surface area (Å²) in [5.41, 5.74) is 6.44. The third-order valence-corrected chi connectivity index (χ3v) is 5.02. The van der Waals surface area contributed by atoms with Crippen LogP contribution in [0, 0.1) is 0 Å². The molecule has 0 unspecified atom stereocenters. The van der Waals surface area contributed by atoms with Gasteiger partial charge in [0.25, 0.3) is 5.91 Å². The maximum atomic E-state index is 12.5. The van der Waals surface area contributed by atoms with E-state index >= 15 is 0 Å². The molecule has 1 aliphatic carbocycles. The van der Waals surface area contributed by atoms with Gasteiger partial charge in [0.2, 0.25) is 5.91 Å². The van der Waals surface area contributed by atoms with Crippen LogP contribution in [0.5, 0.6) is 0 Å². The SMILES string of the molecule is CCN(CC)C(=O)c1ccc(NC(=O)C2(N)CCCCC2)cc1Cl.Cl. The van der Waals surface area contributed by atoms with E-state index in [0.29, 0.717) is 42.2 Å². The van der Waals surface area contributed by atoms with Crippen molar-refractivity contribution >= 4 is 41.5 Å². The molecule has 0 radical (unpaired) electrons. The smallest absolute Gasteiger partial charge is 0.255 e. The van der Waals surface area contributed by atoms with E-state index in [1.807, 2.05) is 13.8 Å². The predicted molar refractivity (Wildman–Crippen MR) is 105 cm³/mol. The van der Waals surface area contributed by atoms with Crippen LogP contribution in [0.1, 0.15) is 56.3 Å². The summed E-state index contributed by atoms with van der Waals surface area (Å²) in [6.45, 7) is 5.10. The molecule has 0 heterocycles. The third kappa shape index (κ3) is 5.09. The molecule has 1 aromatic carbocycles. The first-order valence-electron chi connectivity index (χ1n) is 8.60. The number of nitrogens with two attached hydrogens (primary N) is 1. The Labute approximate surface area is 160 Å². The van der Waals surface area contributed by atoms with Gasteiger partial charge in [-0.25, -0.2) is 0 Å². The minimum Gasteiger partial charge on any atom is -0.339 e. The standard InChI is InChI=1S/C18H26ClN3O2.ClH/c1-3-22(4-2)16(23)14-9-8-13(12-15(14)19)21-17(24)18(20)10-6-5-7-11-18;/h8-9,12H,3-7,10-11,20H2,1-2H3,(H,21,24);1H. The number of halogens is 2. The van der Waals surface area contributed by atoms with Gasteiger partial charge in [-0.05, 0) is 44.9 Å². The quantitative estimate of drug-likeness (QED) is 0.805. The minimum atomic E-state index is -0.805. The van der Waals surface area contributed by atoms with E-state index in [1.165, 1.54) is 0 Å². The summed E-state index contributed by atoms with van der Waals surface area (Å²) in [7, 11) is 0. The van der Waals surface area contributed by atoms with Crippen LogP contribution in [0.15, 0.2) is 18.2 Å². The molecule has 1 aliphatic rings. The molecule has 0 atom stereocenters. The van der Waals surface area contributed by atoms with Crippen molar-refractivity contribution < 1.29 is 9.59 Å². The van der Waals surface area contributed by atoms with E-state index in [0.717, 1.165) is 19.3 Å². The number of anilines is 1. The topological polar surface area (TPSA) is 75.4 Å². The average Bonchev–Trinajstić information content (AvgIpc) is 2.56. The van der Waals surface area contributed by atoms with Gasteiger partial charge in [0, 0.05) is 18.8 Å². The van der Waals surface area contributed by atoms with Gasteiger partial charge in [0.1, 0.15) is 0 Å². The number of rotatable bonds is 5. The zero-order valence-electron chi connectivity index (χ0n) is 14.8. The number of amides is 2. The molecular formula is C18H27Cl2N3O2. The number of carbonyl (C=O) groups is 2. The van der Waals surface area contributed by atoms with Crippen LogP contribution >= 0.6 is 24.0 Å². The van der Waals surface area contributed by atoms with Crippen LogP contribution in [0.25, 0.3) is 0 Å². The van der Waals surface area contributed by atoms with Crippen LogP contribution in [-0.2, 0) is 4.79 Å². The van der Waals surface area contributed by atoms with Crippen LogP contribution < -0.4 is 11.1 Å². The van der Waals surface area contributed by atoms with Gasteiger partial charge in [-0.2, -0.15) is 0 Å². The Balaban J connectivity index is 0.00000312. The third-order valence-electron chi connectivity index (χ3n) is 4.71. The first kappa shape index (κ1) is 21.7. The summed E-state index contributed by atoms with van der Waals surface area (Å²) in [4.78, 5) is 26.6. The van der Waals surface area contributed by atoms with Gasteiger partial charge < -0.3 is 16.0 Å². The number of hydrogen-bond donors (Lipinski definition) is 2. The fraction of sp³-hybridized carbons (Fsp3) is 0.556. The maximum absolute atomic E-state index is 12.5. The summed E-state index contributed by atoms with van der Waals surface area (Å²) < 4.78 is 0. The van der Waals surface area contributed by atoms with Crippen LogP contribution in [0.3, 0.4) is 0 Å². The molecule has 0 saturated heterocycles. The molecule has 7 heteroatoms. The van der Waals surface area contributed by atoms with Gasteiger partial charge in [0.05, 0.1) is 16.1 Å². The van der Waals surface area contributed by atoms with E-state index in [1.54, 1.807) is 23.1 Å². The first-order chi connectivity index (χ1) is 11.4.